The second kappa shape index (κ2) is 8.06. The van der Waals surface area contributed by atoms with E-state index in [2.05, 4.69) is 10.3 Å². The normalized spacial score (nSPS) is 11.3. The molecule has 3 rings (SSSR count). The Morgan fingerprint density at radius 1 is 1.11 bits per heavy atom. The minimum absolute atomic E-state index is 0.108. The summed E-state index contributed by atoms with van der Waals surface area (Å²) in [4.78, 5) is 16.3. The van der Waals surface area contributed by atoms with Crippen LogP contribution in [0.3, 0.4) is 0 Å². The number of benzene rings is 2. The van der Waals surface area contributed by atoms with Crippen LogP contribution in [0.4, 0.5) is 8.78 Å². The van der Waals surface area contributed by atoms with Gasteiger partial charge in [0.25, 0.3) is 5.91 Å². The third-order valence-corrected chi connectivity index (χ3v) is 3.66. The minimum atomic E-state index is -1.25. The number of carbonyl (C=O) groups is 1. The van der Waals surface area contributed by atoms with Crippen LogP contribution >= 0.6 is 0 Å². The topological polar surface area (TPSA) is 75.0 Å². The number of halogens is 2. The van der Waals surface area contributed by atoms with E-state index in [0.29, 0.717) is 17.6 Å². The molecule has 134 valence electrons. The monoisotopic (exact) mass is 365 g/mol. The van der Waals surface area contributed by atoms with Crippen molar-refractivity contribution in [3.63, 3.8) is 0 Å². The number of aromatic nitrogens is 1. The summed E-state index contributed by atoms with van der Waals surface area (Å²) in [5, 5.41) is 11.6. The van der Waals surface area contributed by atoms with Crippen LogP contribution in [0.1, 0.15) is 22.0 Å². The number of hydrogen-bond donors (Lipinski definition) is 1. The second-order valence-electron chi connectivity index (χ2n) is 5.52. The Kier molecular flexibility index (Phi) is 5.38. The van der Waals surface area contributed by atoms with Gasteiger partial charge in [0.2, 0.25) is 0 Å². The van der Waals surface area contributed by atoms with E-state index >= 15 is 0 Å². The van der Waals surface area contributed by atoms with E-state index in [1.165, 1.54) is 12.1 Å². The van der Waals surface area contributed by atoms with Crippen molar-refractivity contribution in [2.75, 3.05) is 0 Å². The summed E-state index contributed by atoms with van der Waals surface area (Å²) in [7, 11) is 0. The Morgan fingerprint density at radius 2 is 1.89 bits per heavy atom. The first-order valence-corrected chi connectivity index (χ1v) is 7.90. The highest BCUT2D eigenvalue weighted by atomic mass is 19.1. The average molecular weight is 365 g/mol. The molecule has 1 N–H and O–H groups in total. The fourth-order valence-corrected chi connectivity index (χ4v) is 2.35. The molecule has 27 heavy (non-hydrogen) atoms. The maximum absolute atomic E-state index is 13.8. The van der Waals surface area contributed by atoms with Crippen LogP contribution in [0.2, 0.25) is 0 Å². The van der Waals surface area contributed by atoms with Gasteiger partial charge >= 0.3 is 0 Å². The fraction of sp³-hybridized carbons (Fsp3) is 0.0500. The number of amides is 1. The summed E-state index contributed by atoms with van der Waals surface area (Å²) in [6.45, 7) is 0. The van der Waals surface area contributed by atoms with Crippen LogP contribution in [0, 0.1) is 23.0 Å². The van der Waals surface area contributed by atoms with Crippen molar-refractivity contribution in [1.82, 2.24) is 10.3 Å². The maximum Gasteiger partial charge on any atom is 0.252 e. The smallest absolute Gasteiger partial charge is 0.252 e. The molecule has 0 radical (unpaired) electrons. The van der Waals surface area contributed by atoms with E-state index in [-0.39, 0.29) is 11.1 Å². The van der Waals surface area contributed by atoms with Crippen LogP contribution in [-0.2, 0) is 0 Å². The molecule has 5 nitrogen and oxygen atoms in total. The van der Waals surface area contributed by atoms with Crippen molar-refractivity contribution in [3.05, 3.63) is 89.8 Å². The van der Waals surface area contributed by atoms with Crippen molar-refractivity contribution in [3.8, 4) is 17.6 Å². The molecule has 3 aromatic rings. The molecular weight excluding hydrogens is 352 g/mol. The van der Waals surface area contributed by atoms with Crippen molar-refractivity contribution >= 4 is 5.91 Å². The summed E-state index contributed by atoms with van der Waals surface area (Å²) in [5.74, 6) is -1.18. The van der Waals surface area contributed by atoms with Gasteiger partial charge in [0.05, 0.1) is 12.3 Å². The maximum atomic E-state index is 13.8. The number of nitrogens with zero attached hydrogens (tertiary/aromatic N) is 2. The minimum Gasteiger partial charge on any atom is -0.456 e. The largest absolute Gasteiger partial charge is 0.456 e. The molecule has 1 amide bonds. The highest BCUT2D eigenvalue weighted by Gasteiger charge is 2.19. The molecule has 2 aromatic carbocycles. The van der Waals surface area contributed by atoms with Gasteiger partial charge in [0, 0.05) is 23.4 Å². The van der Waals surface area contributed by atoms with Gasteiger partial charge in [-0.25, -0.2) is 8.78 Å². The number of hydrogen-bond acceptors (Lipinski definition) is 4. The first-order chi connectivity index (χ1) is 13.1. The number of ether oxygens (including phenoxy) is 1. The molecule has 1 unspecified atom stereocenters. The van der Waals surface area contributed by atoms with Crippen molar-refractivity contribution < 1.29 is 18.3 Å². The molecule has 0 bridgehead atoms. The van der Waals surface area contributed by atoms with Crippen molar-refractivity contribution in [2.45, 2.75) is 6.04 Å². The van der Waals surface area contributed by atoms with E-state index in [0.717, 1.165) is 12.1 Å². The van der Waals surface area contributed by atoms with Gasteiger partial charge in [-0.2, -0.15) is 5.26 Å². The first kappa shape index (κ1) is 18.0. The highest BCUT2D eigenvalue weighted by molar-refractivity contribution is 5.94. The van der Waals surface area contributed by atoms with Crippen LogP contribution in [0.15, 0.2) is 67.0 Å². The molecule has 7 heteroatoms. The zero-order chi connectivity index (χ0) is 19.2. The zero-order valence-corrected chi connectivity index (χ0v) is 13.9. The summed E-state index contributed by atoms with van der Waals surface area (Å²) < 4.78 is 32.4. The van der Waals surface area contributed by atoms with Crippen LogP contribution < -0.4 is 10.1 Å². The molecule has 0 aliphatic rings. The van der Waals surface area contributed by atoms with Crippen LogP contribution in [0.5, 0.6) is 11.5 Å². The van der Waals surface area contributed by atoms with Gasteiger partial charge in [-0.3, -0.25) is 9.78 Å². The Labute approximate surface area is 153 Å². The zero-order valence-electron chi connectivity index (χ0n) is 13.9. The van der Waals surface area contributed by atoms with Gasteiger partial charge in [0.15, 0.2) is 0 Å². The van der Waals surface area contributed by atoms with Gasteiger partial charge in [-0.05, 0) is 42.5 Å². The highest BCUT2D eigenvalue weighted by Crippen LogP contribution is 2.22. The fourth-order valence-electron chi connectivity index (χ4n) is 2.35. The molecule has 1 atom stereocenters. The Morgan fingerprint density at radius 3 is 2.52 bits per heavy atom. The molecule has 0 saturated carbocycles. The standard InChI is InChI=1S/C20H13F2N3O2/c21-14-5-8-17(18(22)10-14)19(11-23)25-20(26)13-3-6-15(7-4-13)27-16-2-1-9-24-12-16/h1-10,12,19H,(H,25,26). The third-order valence-electron chi connectivity index (χ3n) is 3.66. The third kappa shape index (κ3) is 4.44. The van der Waals surface area contributed by atoms with E-state index in [9.17, 15) is 18.8 Å². The summed E-state index contributed by atoms with van der Waals surface area (Å²) in [6.07, 6.45) is 3.17. The Bertz CT molecular complexity index is 986. The van der Waals surface area contributed by atoms with Crippen molar-refractivity contribution in [2.24, 2.45) is 0 Å². The van der Waals surface area contributed by atoms with Gasteiger partial charge in [0.1, 0.15) is 29.2 Å². The predicted octanol–water partition coefficient (Wildman–Crippen LogP) is 4.15. The van der Waals surface area contributed by atoms with Crippen molar-refractivity contribution in [1.29, 1.82) is 5.26 Å². The molecule has 0 aliphatic carbocycles. The summed E-state index contributed by atoms with van der Waals surface area (Å²) in [6, 6.07) is 13.0. The molecule has 0 spiro atoms. The van der Waals surface area contributed by atoms with E-state index in [4.69, 9.17) is 4.74 Å². The van der Waals surface area contributed by atoms with Crippen LogP contribution in [0.25, 0.3) is 0 Å². The number of nitriles is 1. The molecule has 0 fully saturated rings. The summed E-state index contributed by atoms with van der Waals surface area (Å²) in [5.41, 5.74) is 0.153. The lowest BCUT2D eigenvalue weighted by Gasteiger charge is -2.13. The average Bonchev–Trinajstić information content (AvgIpc) is 2.68. The molecule has 0 saturated heterocycles. The number of rotatable bonds is 5. The SMILES string of the molecule is N#CC(NC(=O)c1ccc(Oc2cccnc2)cc1)c1ccc(F)cc1F. The lowest BCUT2D eigenvalue weighted by atomic mass is 10.1. The summed E-state index contributed by atoms with van der Waals surface area (Å²) >= 11 is 0. The van der Waals surface area contributed by atoms with E-state index < -0.39 is 23.6 Å². The number of carbonyl (C=O) groups excluding carboxylic acids is 1. The van der Waals surface area contributed by atoms with Gasteiger partial charge in [-0.1, -0.05) is 6.07 Å². The van der Waals surface area contributed by atoms with Crippen LogP contribution in [-0.4, -0.2) is 10.9 Å². The number of pyridine rings is 1. The Hall–Kier alpha value is -3.79. The van der Waals surface area contributed by atoms with E-state index in [1.54, 1.807) is 42.7 Å². The van der Waals surface area contributed by atoms with E-state index in [1.807, 2.05) is 0 Å². The lowest BCUT2D eigenvalue weighted by molar-refractivity contribution is 0.0944. The first-order valence-electron chi connectivity index (χ1n) is 7.90. The predicted molar refractivity (Wildman–Crippen MR) is 92.9 cm³/mol. The van der Waals surface area contributed by atoms with Gasteiger partial charge < -0.3 is 10.1 Å². The molecular formula is C20H13F2N3O2. The Balaban J connectivity index is 1.70. The second-order valence-corrected chi connectivity index (χ2v) is 5.52. The number of nitrogens with one attached hydrogen (secondary N) is 1. The molecule has 1 heterocycles. The quantitative estimate of drug-likeness (QED) is 0.737. The molecule has 0 aliphatic heterocycles. The molecule has 1 aromatic heterocycles. The van der Waals surface area contributed by atoms with Gasteiger partial charge in [-0.15, -0.1) is 0 Å². The lowest BCUT2D eigenvalue weighted by Crippen LogP contribution is -2.28.